The smallest absolute Gasteiger partial charge is 0.344 e. The number of carbonyl (C=O) groups excluding carboxylic acids is 2. The molecule has 1 heterocycles. The Morgan fingerprint density at radius 1 is 1.25 bits per heavy atom. The van der Waals surface area contributed by atoms with Crippen molar-refractivity contribution in [2.75, 3.05) is 7.11 Å². The van der Waals surface area contributed by atoms with E-state index < -0.39 is 12.1 Å². The van der Waals surface area contributed by atoms with Gasteiger partial charge in [-0.1, -0.05) is 17.3 Å². The Morgan fingerprint density at radius 3 is 2.46 bits per heavy atom. The number of hydrogen-bond acceptors (Lipinski definition) is 6. The number of methoxy groups -OCH3 is 1. The molecule has 0 aliphatic carbocycles. The highest BCUT2D eigenvalue weighted by Crippen LogP contribution is 2.15. The van der Waals surface area contributed by atoms with Gasteiger partial charge in [0, 0.05) is 6.54 Å². The minimum atomic E-state index is -0.926. The van der Waals surface area contributed by atoms with Crippen molar-refractivity contribution >= 4 is 11.9 Å². The zero-order valence-electron chi connectivity index (χ0n) is 14.1. The van der Waals surface area contributed by atoms with Crippen molar-refractivity contribution in [2.24, 2.45) is 0 Å². The van der Waals surface area contributed by atoms with E-state index in [1.807, 2.05) is 24.3 Å². The molecule has 7 heteroatoms. The molecule has 1 aromatic carbocycles. The number of aryl methyl sites for hydroxylation is 2. The first-order chi connectivity index (χ1) is 11.4. The molecule has 0 saturated carbocycles. The van der Waals surface area contributed by atoms with Crippen LogP contribution in [0.4, 0.5) is 0 Å². The summed E-state index contributed by atoms with van der Waals surface area (Å²) in [6.07, 6.45) is -0.926. The van der Waals surface area contributed by atoms with Gasteiger partial charge in [0.05, 0.1) is 12.8 Å². The summed E-state index contributed by atoms with van der Waals surface area (Å²) in [6.45, 7) is 5.10. The van der Waals surface area contributed by atoms with Gasteiger partial charge < -0.3 is 19.3 Å². The zero-order chi connectivity index (χ0) is 17.7. The molecular weight excluding hydrogens is 312 g/mol. The van der Waals surface area contributed by atoms with E-state index in [1.54, 1.807) is 21.0 Å². The van der Waals surface area contributed by atoms with Crippen LogP contribution in [0.3, 0.4) is 0 Å². The predicted molar refractivity (Wildman–Crippen MR) is 85.7 cm³/mol. The van der Waals surface area contributed by atoms with Gasteiger partial charge >= 0.3 is 5.97 Å². The Kier molecular flexibility index (Phi) is 5.57. The minimum absolute atomic E-state index is 0.254. The standard InChI is InChI=1S/C17H20N2O5/c1-10-15(11(2)24-19-10)17(21)23-12(3)16(20)18-9-13-5-7-14(22-4)8-6-13/h5-8,12H,9H2,1-4H3,(H,18,20)/t12-/m1/s1. The summed E-state index contributed by atoms with van der Waals surface area (Å²) in [4.78, 5) is 24.2. The molecule has 0 radical (unpaired) electrons. The lowest BCUT2D eigenvalue weighted by Gasteiger charge is -2.13. The largest absolute Gasteiger partial charge is 0.497 e. The summed E-state index contributed by atoms with van der Waals surface area (Å²) in [7, 11) is 1.59. The maximum atomic E-state index is 12.1. The fraction of sp³-hybridized carbons (Fsp3) is 0.353. The van der Waals surface area contributed by atoms with Gasteiger partial charge in [-0.2, -0.15) is 0 Å². The molecule has 0 fully saturated rings. The Labute approximate surface area is 139 Å². The third kappa shape index (κ3) is 4.13. The third-order valence-corrected chi connectivity index (χ3v) is 3.52. The molecule has 24 heavy (non-hydrogen) atoms. The molecule has 1 amide bonds. The normalized spacial score (nSPS) is 11.7. The third-order valence-electron chi connectivity index (χ3n) is 3.52. The average molecular weight is 332 g/mol. The summed E-state index contributed by atoms with van der Waals surface area (Å²) in [6, 6.07) is 7.31. The summed E-state index contributed by atoms with van der Waals surface area (Å²) in [5, 5.41) is 6.41. The number of aromatic nitrogens is 1. The number of carbonyl (C=O) groups is 2. The first-order valence-electron chi connectivity index (χ1n) is 7.47. The lowest BCUT2D eigenvalue weighted by atomic mass is 10.2. The van der Waals surface area contributed by atoms with E-state index in [9.17, 15) is 9.59 Å². The van der Waals surface area contributed by atoms with Crippen LogP contribution in [0.2, 0.25) is 0 Å². The van der Waals surface area contributed by atoms with Crippen LogP contribution < -0.4 is 10.1 Å². The van der Waals surface area contributed by atoms with Crippen LogP contribution in [0.5, 0.6) is 5.75 Å². The van der Waals surface area contributed by atoms with Gasteiger partial charge in [0.1, 0.15) is 17.1 Å². The van der Waals surface area contributed by atoms with Crippen LogP contribution in [0.15, 0.2) is 28.8 Å². The minimum Gasteiger partial charge on any atom is -0.497 e. The molecule has 1 N–H and O–H groups in total. The first kappa shape index (κ1) is 17.5. The van der Waals surface area contributed by atoms with Gasteiger partial charge in [0.2, 0.25) is 0 Å². The lowest BCUT2D eigenvalue weighted by molar-refractivity contribution is -0.129. The highest BCUT2D eigenvalue weighted by Gasteiger charge is 2.24. The number of esters is 1. The van der Waals surface area contributed by atoms with Gasteiger partial charge in [-0.3, -0.25) is 4.79 Å². The van der Waals surface area contributed by atoms with Crippen molar-refractivity contribution in [2.45, 2.75) is 33.4 Å². The summed E-state index contributed by atoms with van der Waals surface area (Å²) < 4.78 is 15.2. The quantitative estimate of drug-likeness (QED) is 0.815. The highest BCUT2D eigenvalue weighted by molar-refractivity contribution is 5.93. The molecule has 0 saturated heterocycles. The molecule has 0 aliphatic heterocycles. The Bertz CT molecular complexity index is 702. The van der Waals surface area contributed by atoms with Crippen LogP contribution in [-0.2, 0) is 16.1 Å². The number of nitrogens with zero attached hydrogens (tertiary/aromatic N) is 1. The molecule has 0 spiro atoms. The maximum Gasteiger partial charge on any atom is 0.344 e. The SMILES string of the molecule is COc1ccc(CNC(=O)[C@@H](C)OC(=O)c2c(C)noc2C)cc1. The Hall–Kier alpha value is -2.83. The number of hydrogen-bond donors (Lipinski definition) is 1. The second kappa shape index (κ2) is 7.63. The topological polar surface area (TPSA) is 90.7 Å². The molecule has 0 unspecified atom stereocenters. The number of ether oxygens (including phenoxy) is 2. The van der Waals surface area contributed by atoms with Crippen molar-refractivity contribution in [1.29, 1.82) is 0 Å². The van der Waals surface area contributed by atoms with Crippen molar-refractivity contribution in [3.63, 3.8) is 0 Å². The summed E-state index contributed by atoms with van der Waals surface area (Å²) in [5.41, 5.74) is 1.60. The molecule has 0 bridgehead atoms. The van der Waals surface area contributed by atoms with Gasteiger partial charge in [-0.05, 0) is 38.5 Å². The molecule has 128 valence electrons. The van der Waals surface area contributed by atoms with Crippen molar-refractivity contribution in [3.05, 3.63) is 46.8 Å². The monoisotopic (exact) mass is 332 g/mol. The van der Waals surface area contributed by atoms with Crippen molar-refractivity contribution in [3.8, 4) is 5.75 Å². The van der Waals surface area contributed by atoms with Gasteiger partial charge in [-0.25, -0.2) is 4.79 Å². The molecule has 7 nitrogen and oxygen atoms in total. The average Bonchev–Trinajstić information content (AvgIpc) is 2.91. The van der Waals surface area contributed by atoms with Crippen LogP contribution in [0.25, 0.3) is 0 Å². The highest BCUT2D eigenvalue weighted by atomic mass is 16.5. The lowest BCUT2D eigenvalue weighted by Crippen LogP contribution is -2.35. The van der Waals surface area contributed by atoms with Crippen molar-refractivity contribution < 1.29 is 23.6 Å². The van der Waals surface area contributed by atoms with E-state index in [2.05, 4.69) is 10.5 Å². The van der Waals surface area contributed by atoms with E-state index >= 15 is 0 Å². The van der Waals surface area contributed by atoms with Crippen LogP contribution in [0.1, 0.15) is 34.3 Å². The van der Waals surface area contributed by atoms with Crippen LogP contribution >= 0.6 is 0 Å². The zero-order valence-corrected chi connectivity index (χ0v) is 14.1. The summed E-state index contributed by atoms with van der Waals surface area (Å²) in [5.74, 6) is 0.0967. The fourth-order valence-corrected chi connectivity index (χ4v) is 2.12. The van der Waals surface area contributed by atoms with Crippen LogP contribution in [-0.4, -0.2) is 30.2 Å². The predicted octanol–water partition coefficient (Wildman–Crippen LogP) is 2.16. The maximum absolute atomic E-state index is 12.1. The second-order valence-electron chi connectivity index (χ2n) is 5.31. The molecular formula is C17H20N2O5. The van der Waals surface area contributed by atoms with E-state index in [4.69, 9.17) is 14.0 Å². The molecule has 1 atom stereocenters. The van der Waals surface area contributed by atoms with Gasteiger partial charge in [0.15, 0.2) is 6.10 Å². The second-order valence-corrected chi connectivity index (χ2v) is 5.31. The number of benzene rings is 1. The molecule has 0 aliphatic rings. The molecule has 2 rings (SSSR count). The van der Waals surface area contributed by atoms with Crippen molar-refractivity contribution in [1.82, 2.24) is 10.5 Å². The number of amides is 1. The van der Waals surface area contributed by atoms with E-state index in [-0.39, 0.29) is 11.5 Å². The Balaban J connectivity index is 1.88. The number of nitrogens with one attached hydrogen (secondary N) is 1. The first-order valence-corrected chi connectivity index (χ1v) is 7.47. The van der Waals surface area contributed by atoms with E-state index in [0.29, 0.717) is 18.0 Å². The molecule has 1 aromatic heterocycles. The van der Waals surface area contributed by atoms with E-state index in [1.165, 1.54) is 6.92 Å². The van der Waals surface area contributed by atoms with Gasteiger partial charge in [0.25, 0.3) is 5.91 Å². The number of rotatable bonds is 6. The fourth-order valence-electron chi connectivity index (χ4n) is 2.12. The van der Waals surface area contributed by atoms with Gasteiger partial charge in [-0.15, -0.1) is 0 Å². The Morgan fingerprint density at radius 2 is 1.92 bits per heavy atom. The summed E-state index contributed by atoms with van der Waals surface area (Å²) >= 11 is 0. The van der Waals surface area contributed by atoms with Crippen LogP contribution in [0, 0.1) is 13.8 Å². The van der Waals surface area contributed by atoms with E-state index in [0.717, 1.165) is 11.3 Å². The molecule has 2 aromatic rings.